The average molecular weight is 307 g/mol. The second-order valence-electron chi connectivity index (χ2n) is 6.25. The topological polar surface area (TPSA) is 75.6 Å². The maximum atomic E-state index is 11.7. The molecule has 0 aliphatic heterocycles. The molecule has 0 fully saturated rings. The standard InChI is InChI=1S/C17H25NO4/c1-5-13(12-9-7-6-8-10-12)14(15(19)20)11-18-16(21)22-17(2,3)4/h6-10,13-14H,5,11H2,1-4H3,(H,18,21)(H,19,20)/t13-,14+/m0/s1. The maximum absolute atomic E-state index is 11.7. The van der Waals surface area contributed by atoms with E-state index in [0.29, 0.717) is 6.42 Å². The first-order chi connectivity index (χ1) is 10.2. The molecule has 1 aromatic rings. The number of benzene rings is 1. The predicted octanol–water partition coefficient (Wildman–Crippen LogP) is 3.41. The van der Waals surface area contributed by atoms with Gasteiger partial charge >= 0.3 is 12.1 Å². The molecule has 1 amide bonds. The minimum Gasteiger partial charge on any atom is -0.481 e. The maximum Gasteiger partial charge on any atom is 0.407 e. The largest absolute Gasteiger partial charge is 0.481 e. The molecule has 0 bridgehead atoms. The summed E-state index contributed by atoms with van der Waals surface area (Å²) in [5.41, 5.74) is 0.357. The first-order valence-corrected chi connectivity index (χ1v) is 7.49. The molecule has 0 saturated carbocycles. The first-order valence-electron chi connectivity index (χ1n) is 7.49. The van der Waals surface area contributed by atoms with Crippen LogP contribution in [0.3, 0.4) is 0 Å². The van der Waals surface area contributed by atoms with Gasteiger partial charge in [0, 0.05) is 6.54 Å². The van der Waals surface area contributed by atoms with Gasteiger partial charge in [-0.3, -0.25) is 4.79 Å². The molecule has 0 spiro atoms. The van der Waals surface area contributed by atoms with E-state index in [1.807, 2.05) is 37.3 Å². The van der Waals surface area contributed by atoms with Crippen molar-refractivity contribution in [1.82, 2.24) is 5.32 Å². The van der Waals surface area contributed by atoms with Crippen LogP contribution < -0.4 is 5.32 Å². The Balaban J connectivity index is 2.76. The summed E-state index contributed by atoms with van der Waals surface area (Å²) >= 11 is 0. The van der Waals surface area contributed by atoms with Crippen LogP contribution in [0.5, 0.6) is 0 Å². The summed E-state index contributed by atoms with van der Waals surface area (Å²) in [5.74, 6) is -1.78. The molecular weight excluding hydrogens is 282 g/mol. The van der Waals surface area contributed by atoms with Crippen molar-refractivity contribution in [3.05, 3.63) is 35.9 Å². The Morgan fingerprint density at radius 1 is 1.23 bits per heavy atom. The lowest BCUT2D eigenvalue weighted by atomic mass is 9.84. The van der Waals surface area contributed by atoms with Gasteiger partial charge in [0.2, 0.25) is 0 Å². The number of ether oxygens (including phenoxy) is 1. The number of carbonyl (C=O) groups excluding carboxylic acids is 1. The van der Waals surface area contributed by atoms with Crippen molar-refractivity contribution in [2.45, 2.75) is 45.6 Å². The van der Waals surface area contributed by atoms with E-state index in [-0.39, 0.29) is 12.5 Å². The van der Waals surface area contributed by atoms with Gasteiger partial charge in [0.1, 0.15) is 5.60 Å². The number of hydrogen-bond donors (Lipinski definition) is 2. The van der Waals surface area contributed by atoms with Crippen molar-refractivity contribution in [1.29, 1.82) is 0 Å². The minimum absolute atomic E-state index is 0.0393. The Labute approximate surface area is 131 Å². The normalized spacial score (nSPS) is 14.0. The van der Waals surface area contributed by atoms with Gasteiger partial charge in [-0.15, -0.1) is 0 Å². The molecule has 122 valence electrons. The van der Waals surface area contributed by atoms with Crippen molar-refractivity contribution in [3.8, 4) is 0 Å². The molecule has 1 rings (SSSR count). The summed E-state index contributed by atoms with van der Waals surface area (Å²) in [6.45, 7) is 7.28. The van der Waals surface area contributed by atoms with Crippen molar-refractivity contribution >= 4 is 12.1 Å². The third kappa shape index (κ3) is 5.76. The zero-order valence-electron chi connectivity index (χ0n) is 13.6. The smallest absolute Gasteiger partial charge is 0.407 e. The van der Waals surface area contributed by atoms with Gasteiger partial charge in [-0.2, -0.15) is 0 Å². The van der Waals surface area contributed by atoms with Crippen LogP contribution in [0, 0.1) is 5.92 Å². The highest BCUT2D eigenvalue weighted by Gasteiger charge is 2.29. The Kier molecular flexibility index (Phi) is 6.40. The van der Waals surface area contributed by atoms with Crippen LogP contribution in [0.1, 0.15) is 45.6 Å². The molecule has 5 nitrogen and oxygen atoms in total. The second-order valence-corrected chi connectivity index (χ2v) is 6.25. The molecule has 22 heavy (non-hydrogen) atoms. The van der Waals surface area contributed by atoms with E-state index in [0.717, 1.165) is 5.56 Å². The van der Waals surface area contributed by atoms with Crippen molar-refractivity contribution < 1.29 is 19.4 Å². The zero-order valence-corrected chi connectivity index (χ0v) is 13.6. The fourth-order valence-electron chi connectivity index (χ4n) is 2.36. The fourth-order valence-corrected chi connectivity index (χ4v) is 2.36. The Bertz CT molecular complexity index is 493. The fraction of sp³-hybridized carbons (Fsp3) is 0.529. The molecule has 2 atom stereocenters. The summed E-state index contributed by atoms with van der Waals surface area (Å²) in [6, 6.07) is 9.50. The van der Waals surface area contributed by atoms with E-state index in [4.69, 9.17) is 4.74 Å². The quantitative estimate of drug-likeness (QED) is 0.844. The lowest BCUT2D eigenvalue weighted by molar-refractivity contribution is -0.142. The van der Waals surface area contributed by atoms with Gasteiger partial charge < -0.3 is 15.2 Å². The van der Waals surface area contributed by atoms with Crippen LogP contribution in [-0.2, 0) is 9.53 Å². The van der Waals surface area contributed by atoms with Gasteiger partial charge in [0.05, 0.1) is 5.92 Å². The van der Waals surface area contributed by atoms with E-state index in [9.17, 15) is 14.7 Å². The van der Waals surface area contributed by atoms with Gasteiger partial charge in [-0.1, -0.05) is 37.3 Å². The predicted molar refractivity (Wildman–Crippen MR) is 84.8 cm³/mol. The summed E-state index contributed by atoms with van der Waals surface area (Å²) in [6.07, 6.45) is 0.0819. The summed E-state index contributed by atoms with van der Waals surface area (Å²) in [5, 5.41) is 12.1. The number of amides is 1. The number of carbonyl (C=O) groups is 2. The number of alkyl carbamates (subject to hydrolysis) is 1. The highest BCUT2D eigenvalue weighted by molar-refractivity contribution is 5.73. The van der Waals surface area contributed by atoms with Crippen molar-refractivity contribution in [3.63, 3.8) is 0 Å². The summed E-state index contributed by atoms with van der Waals surface area (Å²) in [4.78, 5) is 23.3. The Morgan fingerprint density at radius 2 is 1.82 bits per heavy atom. The average Bonchev–Trinajstić information content (AvgIpc) is 2.42. The number of hydrogen-bond acceptors (Lipinski definition) is 3. The van der Waals surface area contributed by atoms with E-state index in [1.54, 1.807) is 20.8 Å². The molecule has 0 aromatic heterocycles. The van der Waals surface area contributed by atoms with Gasteiger partial charge in [0.25, 0.3) is 0 Å². The summed E-state index contributed by atoms with van der Waals surface area (Å²) in [7, 11) is 0. The number of carboxylic acids is 1. The molecule has 0 aliphatic rings. The van der Waals surface area contributed by atoms with Gasteiger partial charge in [-0.25, -0.2) is 4.79 Å². The van der Waals surface area contributed by atoms with Crippen LogP contribution in [0.25, 0.3) is 0 Å². The molecule has 0 saturated heterocycles. The Morgan fingerprint density at radius 3 is 2.27 bits per heavy atom. The molecule has 0 unspecified atom stereocenters. The molecule has 5 heteroatoms. The molecule has 0 heterocycles. The lowest BCUT2D eigenvalue weighted by Gasteiger charge is -2.25. The van der Waals surface area contributed by atoms with Gasteiger partial charge in [0.15, 0.2) is 0 Å². The SMILES string of the molecule is CC[C@@H](c1ccccc1)[C@@H](CNC(=O)OC(C)(C)C)C(=O)O. The first kappa shape index (κ1) is 18.0. The highest BCUT2D eigenvalue weighted by atomic mass is 16.6. The second kappa shape index (κ2) is 7.82. The van der Waals surface area contributed by atoms with Gasteiger partial charge in [-0.05, 0) is 38.7 Å². The van der Waals surface area contributed by atoms with Crippen LogP contribution >= 0.6 is 0 Å². The van der Waals surface area contributed by atoms with Crippen LogP contribution in [0.15, 0.2) is 30.3 Å². The van der Waals surface area contributed by atoms with Crippen LogP contribution in [0.4, 0.5) is 4.79 Å². The molecule has 2 N–H and O–H groups in total. The van der Waals surface area contributed by atoms with Crippen LogP contribution in [-0.4, -0.2) is 29.3 Å². The monoisotopic (exact) mass is 307 g/mol. The molecule has 0 radical (unpaired) electrons. The molecule has 0 aliphatic carbocycles. The third-order valence-corrected chi connectivity index (χ3v) is 3.34. The third-order valence-electron chi connectivity index (χ3n) is 3.34. The van der Waals surface area contributed by atoms with E-state index in [1.165, 1.54) is 0 Å². The lowest BCUT2D eigenvalue weighted by Crippen LogP contribution is -2.39. The van der Waals surface area contributed by atoms with Crippen molar-refractivity contribution in [2.75, 3.05) is 6.54 Å². The van der Waals surface area contributed by atoms with E-state index in [2.05, 4.69) is 5.32 Å². The number of rotatable bonds is 6. The number of carboxylic acid groups (broad SMARTS) is 1. The van der Waals surface area contributed by atoms with E-state index < -0.39 is 23.6 Å². The van der Waals surface area contributed by atoms with E-state index >= 15 is 0 Å². The van der Waals surface area contributed by atoms with Crippen molar-refractivity contribution in [2.24, 2.45) is 5.92 Å². The number of aliphatic carboxylic acids is 1. The summed E-state index contributed by atoms with van der Waals surface area (Å²) < 4.78 is 5.14. The van der Waals surface area contributed by atoms with Crippen LogP contribution in [0.2, 0.25) is 0 Å². The minimum atomic E-state index is -0.924. The highest BCUT2D eigenvalue weighted by Crippen LogP contribution is 2.28. The Hall–Kier alpha value is -2.04. The molecular formula is C17H25NO4. The number of nitrogens with one attached hydrogen (secondary N) is 1. The molecule has 1 aromatic carbocycles. The zero-order chi connectivity index (χ0) is 16.8.